The molecule has 39 heavy (non-hydrogen) atoms. The first kappa shape index (κ1) is 24.2. The minimum Gasteiger partial charge on any atom is -0.378 e. The number of fused-ring (bicyclic) bond motifs is 5. The van der Waals surface area contributed by atoms with E-state index < -0.39 is 0 Å². The molecule has 2 aromatic carbocycles. The highest BCUT2D eigenvalue weighted by Crippen LogP contribution is 2.42. The Bertz CT molecular complexity index is 1550. The number of para-hydroxylation sites is 2. The predicted octanol–water partition coefficient (Wildman–Crippen LogP) is 5.60. The van der Waals surface area contributed by atoms with Crippen molar-refractivity contribution in [1.82, 2.24) is 20.4 Å². The molecule has 0 saturated carbocycles. The van der Waals surface area contributed by atoms with Gasteiger partial charge in [-0.2, -0.15) is 0 Å². The number of pyridine rings is 1. The second kappa shape index (κ2) is 10.7. The molecule has 4 heterocycles. The Morgan fingerprint density at radius 2 is 1.56 bits per heavy atom. The van der Waals surface area contributed by atoms with Gasteiger partial charge < -0.3 is 19.9 Å². The van der Waals surface area contributed by atoms with Crippen LogP contribution in [0.1, 0.15) is 24.0 Å². The third-order valence-corrected chi connectivity index (χ3v) is 8.77. The average molecular weight is 538 g/mol. The van der Waals surface area contributed by atoms with Crippen LogP contribution in [0.3, 0.4) is 0 Å². The molecule has 9 heteroatoms. The summed E-state index contributed by atoms with van der Waals surface area (Å²) in [6, 6.07) is 21.0. The molecule has 7 rings (SSSR count). The lowest BCUT2D eigenvalue weighted by Gasteiger charge is -2.31. The normalized spacial score (nSPS) is 15.4. The highest BCUT2D eigenvalue weighted by molar-refractivity contribution is 7.26. The smallest absolute Gasteiger partial charge is 0.170 e. The average Bonchev–Trinajstić information content (AvgIpc) is 3.40. The molecular formula is C30H31N7OS. The largest absolute Gasteiger partial charge is 0.378 e. The first-order chi connectivity index (χ1) is 19.4. The van der Waals surface area contributed by atoms with Gasteiger partial charge in [-0.05, 0) is 66.3 Å². The number of ether oxygens (including phenoxy) is 1. The summed E-state index contributed by atoms with van der Waals surface area (Å²) in [5.41, 5.74) is 6.04. The van der Waals surface area contributed by atoms with Gasteiger partial charge in [0.05, 0.1) is 13.2 Å². The lowest BCUT2D eigenvalue weighted by atomic mass is 9.90. The van der Waals surface area contributed by atoms with Crippen LogP contribution in [0.5, 0.6) is 0 Å². The van der Waals surface area contributed by atoms with Crippen molar-refractivity contribution in [3.8, 4) is 0 Å². The molecule has 2 aliphatic rings. The van der Waals surface area contributed by atoms with E-state index in [1.54, 1.807) is 11.3 Å². The number of benzene rings is 2. The van der Waals surface area contributed by atoms with Gasteiger partial charge in [-0.15, -0.1) is 21.5 Å². The summed E-state index contributed by atoms with van der Waals surface area (Å²) < 4.78 is 6.65. The lowest BCUT2D eigenvalue weighted by molar-refractivity contribution is 0.122. The standard InChI is InChI=1S/C30H31N7OS/c1-3-9-21(10-4-1)37(22-11-5-2-6-12-22)16-15-31-28-27-26(33-35-34-28)25-23-13-7-8-14-24(23)29(32-30(25)39-27)36-17-19-38-20-18-36/h1-6,9-12H,7-8,13-20H2,(H,31,33,34). The molecule has 5 aromatic rings. The molecular weight excluding hydrogens is 506 g/mol. The van der Waals surface area contributed by atoms with E-state index in [1.807, 2.05) is 12.1 Å². The highest BCUT2D eigenvalue weighted by Gasteiger charge is 2.26. The molecule has 1 saturated heterocycles. The van der Waals surface area contributed by atoms with E-state index >= 15 is 0 Å². The Balaban J connectivity index is 1.22. The number of thiophene rings is 1. The number of morpholine rings is 1. The van der Waals surface area contributed by atoms with E-state index in [-0.39, 0.29) is 0 Å². The van der Waals surface area contributed by atoms with Crippen molar-refractivity contribution in [2.45, 2.75) is 25.7 Å². The summed E-state index contributed by atoms with van der Waals surface area (Å²) in [6.07, 6.45) is 4.54. The fourth-order valence-electron chi connectivity index (χ4n) is 5.83. The van der Waals surface area contributed by atoms with Crippen molar-refractivity contribution < 1.29 is 4.74 Å². The molecule has 0 amide bonds. The van der Waals surface area contributed by atoms with Crippen molar-refractivity contribution >= 4 is 54.8 Å². The second-order valence-electron chi connectivity index (χ2n) is 10.0. The van der Waals surface area contributed by atoms with E-state index in [1.165, 1.54) is 29.4 Å². The molecule has 0 radical (unpaired) electrons. The lowest BCUT2D eigenvalue weighted by Crippen LogP contribution is -2.37. The quantitative estimate of drug-likeness (QED) is 0.287. The Morgan fingerprint density at radius 1 is 0.872 bits per heavy atom. The number of nitrogens with zero attached hydrogens (tertiary/aromatic N) is 6. The summed E-state index contributed by atoms with van der Waals surface area (Å²) in [6.45, 7) is 4.78. The third-order valence-electron chi connectivity index (χ3n) is 7.69. The van der Waals surface area contributed by atoms with E-state index in [0.29, 0.717) is 6.54 Å². The SMILES string of the molecule is c1ccc(N(CCNc2nnnc3c2sc2nc(N4CCOCC4)c4c(c23)CCCC4)c2ccccc2)cc1. The van der Waals surface area contributed by atoms with Crippen LogP contribution in [0, 0.1) is 0 Å². The zero-order valence-corrected chi connectivity index (χ0v) is 22.7. The maximum Gasteiger partial charge on any atom is 0.170 e. The molecule has 3 aromatic heterocycles. The summed E-state index contributed by atoms with van der Waals surface area (Å²) in [5, 5.41) is 17.9. The van der Waals surface area contributed by atoms with Gasteiger partial charge in [-0.25, -0.2) is 4.98 Å². The van der Waals surface area contributed by atoms with Gasteiger partial charge in [0, 0.05) is 42.9 Å². The Kier molecular flexibility index (Phi) is 6.68. The maximum atomic E-state index is 5.62. The van der Waals surface area contributed by atoms with Crippen LogP contribution in [-0.2, 0) is 17.6 Å². The minimum absolute atomic E-state index is 0.705. The van der Waals surface area contributed by atoms with Crippen LogP contribution >= 0.6 is 11.3 Å². The van der Waals surface area contributed by atoms with Gasteiger partial charge in [0.15, 0.2) is 5.82 Å². The Hall–Kier alpha value is -3.82. The molecule has 1 N–H and O–H groups in total. The number of anilines is 4. The zero-order valence-electron chi connectivity index (χ0n) is 21.8. The highest BCUT2D eigenvalue weighted by atomic mass is 32.1. The fourth-order valence-corrected chi connectivity index (χ4v) is 6.92. The molecule has 0 spiro atoms. The summed E-state index contributed by atoms with van der Waals surface area (Å²) >= 11 is 1.68. The van der Waals surface area contributed by atoms with Crippen LogP contribution in [0.15, 0.2) is 60.7 Å². The van der Waals surface area contributed by atoms with Crippen LogP contribution in [0.25, 0.3) is 20.4 Å². The summed E-state index contributed by atoms with van der Waals surface area (Å²) in [5.74, 6) is 1.92. The minimum atomic E-state index is 0.705. The fraction of sp³-hybridized carbons (Fsp3) is 0.333. The van der Waals surface area contributed by atoms with Crippen LogP contribution in [0.2, 0.25) is 0 Å². The zero-order chi connectivity index (χ0) is 26.0. The number of hydrogen-bond donors (Lipinski definition) is 1. The van der Waals surface area contributed by atoms with E-state index in [0.717, 1.165) is 83.7 Å². The van der Waals surface area contributed by atoms with Crippen molar-refractivity contribution in [3.63, 3.8) is 0 Å². The Morgan fingerprint density at radius 3 is 2.28 bits per heavy atom. The van der Waals surface area contributed by atoms with E-state index in [4.69, 9.17) is 9.72 Å². The summed E-state index contributed by atoms with van der Waals surface area (Å²) in [4.78, 5) is 11.0. The first-order valence-electron chi connectivity index (χ1n) is 13.8. The van der Waals surface area contributed by atoms with Crippen LogP contribution in [-0.4, -0.2) is 59.8 Å². The Labute approximate surface area is 231 Å². The topological polar surface area (TPSA) is 79.3 Å². The van der Waals surface area contributed by atoms with E-state index in [2.05, 4.69) is 79.1 Å². The van der Waals surface area contributed by atoms with Gasteiger partial charge in [0.2, 0.25) is 0 Å². The van der Waals surface area contributed by atoms with Crippen molar-refractivity contribution in [3.05, 3.63) is 71.8 Å². The number of hydrogen-bond acceptors (Lipinski definition) is 9. The van der Waals surface area contributed by atoms with Gasteiger partial charge in [-0.3, -0.25) is 0 Å². The van der Waals surface area contributed by atoms with Gasteiger partial charge in [0.1, 0.15) is 20.9 Å². The molecule has 198 valence electrons. The van der Waals surface area contributed by atoms with Gasteiger partial charge in [-0.1, -0.05) is 36.4 Å². The maximum absolute atomic E-state index is 5.62. The van der Waals surface area contributed by atoms with Gasteiger partial charge >= 0.3 is 0 Å². The number of rotatable bonds is 7. The molecule has 8 nitrogen and oxygen atoms in total. The molecule has 0 unspecified atom stereocenters. The second-order valence-corrected chi connectivity index (χ2v) is 11.0. The van der Waals surface area contributed by atoms with E-state index in [9.17, 15) is 0 Å². The molecule has 0 bridgehead atoms. The van der Waals surface area contributed by atoms with Crippen LogP contribution < -0.4 is 15.1 Å². The first-order valence-corrected chi connectivity index (χ1v) is 14.6. The van der Waals surface area contributed by atoms with Crippen molar-refractivity contribution in [2.24, 2.45) is 0 Å². The summed E-state index contributed by atoms with van der Waals surface area (Å²) in [7, 11) is 0. The molecule has 0 atom stereocenters. The van der Waals surface area contributed by atoms with Crippen molar-refractivity contribution in [2.75, 3.05) is 54.5 Å². The predicted molar refractivity (Wildman–Crippen MR) is 159 cm³/mol. The number of nitrogens with one attached hydrogen (secondary N) is 1. The third kappa shape index (κ3) is 4.66. The monoisotopic (exact) mass is 537 g/mol. The van der Waals surface area contributed by atoms with Crippen molar-refractivity contribution in [1.29, 1.82) is 0 Å². The molecule has 1 aliphatic heterocycles. The number of aryl methyl sites for hydroxylation is 1. The molecule has 1 fully saturated rings. The molecule has 1 aliphatic carbocycles. The number of aromatic nitrogens is 4. The van der Waals surface area contributed by atoms with Crippen LogP contribution in [0.4, 0.5) is 23.0 Å². The van der Waals surface area contributed by atoms with Gasteiger partial charge in [0.25, 0.3) is 0 Å².